The Morgan fingerprint density at radius 1 is 1.00 bits per heavy atom. The largest absolute Gasteiger partial charge is 0.255 e. The summed E-state index contributed by atoms with van der Waals surface area (Å²) in [6, 6.07) is 15.5. The van der Waals surface area contributed by atoms with Crippen molar-refractivity contribution in [2.24, 2.45) is 0 Å². The van der Waals surface area contributed by atoms with Crippen molar-refractivity contribution in [2.75, 3.05) is 0 Å². The molecule has 112 valence electrons. The van der Waals surface area contributed by atoms with Gasteiger partial charge in [-0.15, -0.1) is 5.10 Å². The van der Waals surface area contributed by atoms with Crippen molar-refractivity contribution in [3.63, 3.8) is 0 Å². The highest BCUT2D eigenvalue weighted by molar-refractivity contribution is 6.30. The second kappa shape index (κ2) is 5.48. The van der Waals surface area contributed by atoms with E-state index in [2.05, 4.69) is 15.1 Å². The van der Waals surface area contributed by atoms with E-state index >= 15 is 0 Å². The third-order valence-corrected chi connectivity index (χ3v) is 3.98. The zero-order valence-corrected chi connectivity index (χ0v) is 13.2. The number of nitrogens with zero attached hydrogens (tertiary/aromatic N) is 4. The van der Waals surface area contributed by atoms with Crippen LogP contribution in [0.2, 0.25) is 5.02 Å². The molecule has 0 aliphatic heterocycles. The fraction of sp³-hybridized carbons (Fsp3) is 0.0556. The number of hydrogen-bond donors (Lipinski definition) is 0. The Kier molecular flexibility index (Phi) is 3.32. The van der Waals surface area contributed by atoms with Gasteiger partial charge in [0.25, 0.3) is 0 Å². The monoisotopic (exact) mass is 320 g/mol. The van der Waals surface area contributed by atoms with Gasteiger partial charge in [0.2, 0.25) is 0 Å². The maximum absolute atomic E-state index is 6.17. The van der Waals surface area contributed by atoms with Gasteiger partial charge in [-0.1, -0.05) is 23.7 Å². The predicted octanol–water partition coefficient (Wildman–Crippen LogP) is 4.42. The van der Waals surface area contributed by atoms with E-state index in [4.69, 9.17) is 11.6 Å². The first kappa shape index (κ1) is 13.9. The molecule has 0 aliphatic carbocycles. The minimum atomic E-state index is 0.652. The standard InChI is InChI=1S/C18H13ClN4/c1-12-7-8-13(19)11-15(12)17-14(5-4-9-20-17)18-21-16-6-2-3-10-23(16)22-18/h2-11H,1H3. The van der Waals surface area contributed by atoms with Crippen LogP contribution in [0.25, 0.3) is 28.3 Å². The minimum Gasteiger partial charge on any atom is -0.255 e. The molecule has 0 radical (unpaired) electrons. The summed E-state index contributed by atoms with van der Waals surface area (Å²) < 4.78 is 1.76. The molecule has 0 N–H and O–H groups in total. The van der Waals surface area contributed by atoms with E-state index in [0.29, 0.717) is 10.8 Å². The highest BCUT2D eigenvalue weighted by Gasteiger charge is 2.15. The maximum atomic E-state index is 6.17. The molecule has 4 nitrogen and oxygen atoms in total. The number of benzene rings is 1. The average molecular weight is 321 g/mol. The zero-order chi connectivity index (χ0) is 15.8. The summed E-state index contributed by atoms with van der Waals surface area (Å²) in [6.07, 6.45) is 3.65. The summed E-state index contributed by atoms with van der Waals surface area (Å²) in [4.78, 5) is 9.15. The number of pyridine rings is 2. The lowest BCUT2D eigenvalue weighted by Gasteiger charge is -2.09. The second-order valence-corrected chi connectivity index (χ2v) is 5.73. The van der Waals surface area contributed by atoms with Crippen LogP contribution in [0.15, 0.2) is 60.9 Å². The van der Waals surface area contributed by atoms with Gasteiger partial charge in [0.15, 0.2) is 11.5 Å². The fourth-order valence-corrected chi connectivity index (χ4v) is 2.77. The number of rotatable bonds is 2. The summed E-state index contributed by atoms with van der Waals surface area (Å²) >= 11 is 6.17. The van der Waals surface area contributed by atoms with E-state index in [-0.39, 0.29) is 0 Å². The number of hydrogen-bond acceptors (Lipinski definition) is 3. The van der Waals surface area contributed by atoms with Crippen molar-refractivity contribution < 1.29 is 0 Å². The van der Waals surface area contributed by atoms with Gasteiger partial charge in [-0.05, 0) is 48.9 Å². The van der Waals surface area contributed by atoms with Crippen molar-refractivity contribution in [3.8, 4) is 22.6 Å². The molecule has 0 aliphatic rings. The number of aryl methyl sites for hydroxylation is 1. The number of halogens is 1. The molecule has 3 aromatic heterocycles. The molecule has 0 fully saturated rings. The van der Waals surface area contributed by atoms with Gasteiger partial charge in [0.05, 0.1) is 5.69 Å². The van der Waals surface area contributed by atoms with Crippen molar-refractivity contribution in [3.05, 3.63) is 71.5 Å². The molecule has 0 saturated carbocycles. The Morgan fingerprint density at radius 2 is 1.91 bits per heavy atom. The topological polar surface area (TPSA) is 43.1 Å². The van der Waals surface area contributed by atoms with Gasteiger partial charge in [-0.2, -0.15) is 0 Å². The van der Waals surface area contributed by atoms with Gasteiger partial charge >= 0.3 is 0 Å². The lowest BCUT2D eigenvalue weighted by molar-refractivity contribution is 0.965. The zero-order valence-electron chi connectivity index (χ0n) is 12.4. The molecule has 0 bridgehead atoms. The van der Waals surface area contributed by atoms with Gasteiger partial charge in [-0.3, -0.25) is 4.98 Å². The Bertz CT molecular complexity index is 974. The van der Waals surface area contributed by atoms with Gasteiger partial charge in [-0.25, -0.2) is 9.50 Å². The molecule has 3 heterocycles. The third-order valence-electron chi connectivity index (χ3n) is 3.74. The van der Waals surface area contributed by atoms with E-state index in [1.54, 1.807) is 10.7 Å². The lowest BCUT2D eigenvalue weighted by atomic mass is 10.0. The fourth-order valence-electron chi connectivity index (χ4n) is 2.60. The summed E-state index contributed by atoms with van der Waals surface area (Å²) in [5.74, 6) is 0.652. The van der Waals surface area contributed by atoms with Crippen LogP contribution in [0, 0.1) is 6.92 Å². The summed E-state index contributed by atoms with van der Waals surface area (Å²) in [7, 11) is 0. The van der Waals surface area contributed by atoms with E-state index in [1.165, 1.54) is 0 Å². The molecule has 1 aromatic carbocycles. The van der Waals surface area contributed by atoms with Crippen LogP contribution >= 0.6 is 11.6 Å². The van der Waals surface area contributed by atoms with Crippen LogP contribution in [-0.2, 0) is 0 Å². The molecule has 0 spiro atoms. The highest BCUT2D eigenvalue weighted by atomic mass is 35.5. The molecular formula is C18H13ClN4. The Morgan fingerprint density at radius 3 is 2.78 bits per heavy atom. The van der Waals surface area contributed by atoms with Crippen LogP contribution in [0.4, 0.5) is 0 Å². The summed E-state index contributed by atoms with van der Waals surface area (Å²) in [5.41, 5.74) is 4.63. The smallest absolute Gasteiger partial charge is 0.184 e. The SMILES string of the molecule is Cc1ccc(Cl)cc1-c1ncccc1-c1nc2ccccn2n1. The van der Waals surface area contributed by atoms with Crippen LogP contribution in [0.5, 0.6) is 0 Å². The van der Waals surface area contributed by atoms with Crippen LogP contribution < -0.4 is 0 Å². The van der Waals surface area contributed by atoms with E-state index in [1.807, 2.05) is 61.7 Å². The first-order valence-electron chi connectivity index (χ1n) is 7.26. The molecule has 4 rings (SSSR count). The predicted molar refractivity (Wildman–Crippen MR) is 91.4 cm³/mol. The van der Waals surface area contributed by atoms with Gasteiger partial charge < -0.3 is 0 Å². The normalized spacial score (nSPS) is 11.0. The van der Waals surface area contributed by atoms with E-state index < -0.39 is 0 Å². The highest BCUT2D eigenvalue weighted by Crippen LogP contribution is 2.32. The first-order chi connectivity index (χ1) is 11.2. The van der Waals surface area contributed by atoms with Crippen molar-refractivity contribution in [2.45, 2.75) is 6.92 Å². The second-order valence-electron chi connectivity index (χ2n) is 5.30. The maximum Gasteiger partial charge on any atom is 0.184 e. The van der Waals surface area contributed by atoms with Crippen molar-refractivity contribution in [1.29, 1.82) is 0 Å². The molecule has 0 amide bonds. The molecule has 5 heteroatoms. The molecule has 23 heavy (non-hydrogen) atoms. The third kappa shape index (κ3) is 2.47. The first-order valence-corrected chi connectivity index (χ1v) is 7.63. The summed E-state index contributed by atoms with van der Waals surface area (Å²) in [6.45, 7) is 2.04. The molecule has 4 aromatic rings. The van der Waals surface area contributed by atoms with Crippen molar-refractivity contribution in [1.82, 2.24) is 19.6 Å². The van der Waals surface area contributed by atoms with Crippen LogP contribution in [0.1, 0.15) is 5.56 Å². The molecule has 0 atom stereocenters. The quantitative estimate of drug-likeness (QED) is 0.549. The van der Waals surface area contributed by atoms with Crippen LogP contribution in [-0.4, -0.2) is 19.6 Å². The molecular weight excluding hydrogens is 308 g/mol. The summed E-state index contributed by atoms with van der Waals surface area (Å²) in [5, 5.41) is 5.24. The molecule has 0 saturated heterocycles. The van der Waals surface area contributed by atoms with Crippen molar-refractivity contribution >= 4 is 17.2 Å². The van der Waals surface area contributed by atoms with Crippen LogP contribution in [0.3, 0.4) is 0 Å². The Balaban J connectivity index is 1.95. The van der Waals surface area contributed by atoms with Gasteiger partial charge in [0, 0.05) is 28.5 Å². The molecule has 0 unspecified atom stereocenters. The lowest BCUT2D eigenvalue weighted by Crippen LogP contribution is -1.93. The Labute approximate surface area is 138 Å². The van der Waals surface area contributed by atoms with Gasteiger partial charge in [0.1, 0.15) is 0 Å². The Hall–Kier alpha value is -2.72. The number of aromatic nitrogens is 4. The number of fused-ring (bicyclic) bond motifs is 1. The average Bonchev–Trinajstić information content (AvgIpc) is 3.01. The van der Waals surface area contributed by atoms with E-state index in [9.17, 15) is 0 Å². The minimum absolute atomic E-state index is 0.652. The van der Waals surface area contributed by atoms with E-state index in [0.717, 1.165) is 28.0 Å².